The molecule has 202 valence electrons. The number of fused-ring (bicyclic) bond motifs is 2. The molecule has 0 aliphatic heterocycles. The largest absolute Gasteiger partial charge is 0.462 e. The van der Waals surface area contributed by atoms with Gasteiger partial charge in [-0.1, -0.05) is 48.5 Å². The van der Waals surface area contributed by atoms with Gasteiger partial charge in [0.2, 0.25) is 5.91 Å². The quantitative estimate of drug-likeness (QED) is 0.161. The molecule has 0 atom stereocenters. The fraction of sp³-hybridized carbons (Fsp3) is 0.156. The summed E-state index contributed by atoms with van der Waals surface area (Å²) in [7, 11) is 0. The average Bonchev–Trinajstić information content (AvgIpc) is 3.33. The molecule has 0 radical (unpaired) electrons. The Hall–Kier alpha value is -4.56. The Kier molecular flexibility index (Phi) is 8.47. The third kappa shape index (κ3) is 6.35. The normalized spacial score (nSPS) is 10.9. The lowest BCUT2D eigenvalue weighted by atomic mass is 10.1. The second-order valence-electron chi connectivity index (χ2n) is 9.16. The van der Waals surface area contributed by atoms with Crippen LogP contribution < -0.4 is 10.6 Å². The van der Waals surface area contributed by atoms with Crippen LogP contribution in [0.4, 0.5) is 5.69 Å². The molecular weight excluding hydrogens is 522 g/mol. The van der Waals surface area contributed by atoms with Crippen molar-refractivity contribution in [1.29, 1.82) is 0 Å². The van der Waals surface area contributed by atoms with Gasteiger partial charge in [0.25, 0.3) is 5.91 Å². The lowest BCUT2D eigenvalue weighted by Gasteiger charge is -2.08. The second kappa shape index (κ2) is 12.5. The minimum Gasteiger partial charge on any atom is -0.462 e. The van der Waals surface area contributed by atoms with Crippen molar-refractivity contribution in [2.45, 2.75) is 18.4 Å². The van der Waals surface area contributed by atoms with E-state index in [0.29, 0.717) is 36.5 Å². The number of anilines is 1. The summed E-state index contributed by atoms with van der Waals surface area (Å²) in [6.07, 6.45) is 2.03. The Labute approximate surface area is 236 Å². The average molecular weight is 552 g/mol. The molecule has 0 aliphatic rings. The van der Waals surface area contributed by atoms with Crippen LogP contribution in [0, 0.1) is 0 Å². The Balaban J connectivity index is 1.18. The van der Waals surface area contributed by atoms with Gasteiger partial charge in [-0.3, -0.25) is 9.59 Å². The fourth-order valence-electron chi connectivity index (χ4n) is 4.48. The number of rotatable bonds is 10. The fourth-order valence-corrected chi connectivity index (χ4v) is 5.37. The first-order valence-corrected chi connectivity index (χ1v) is 14.0. The maximum atomic E-state index is 12.8. The van der Waals surface area contributed by atoms with E-state index >= 15 is 0 Å². The zero-order valence-corrected chi connectivity index (χ0v) is 22.9. The van der Waals surface area contributed by atoms with Gasteiger partial charge in [0, 0.05) is 46.3 Å². The van der Waals surface area contributed by atoms with Gasteiger partial charge < -0.3 is 19.9 Å². The summed E-state index contributed by atoms with van der Waals surface area (Å²) in [5.74, 6) is -0.413. The molecule has 5 rings (SSSR count). The number of carbonyl (C=O) groups is 3. The van der Waals surface area contributed by atoms with Crippen LogP contribution in [0.25, 0.3) is 21.7 Å². The van der Waals surface area contributed by atoms with Gasteiger partial charge in [0.05, 0.1) is 17.9 Å². The van der Waals surface area contributed by atoms with Crippen LogP contribution in [0.1, 0.15) is 27.6 Å². The molecule has 0 saturated heterocycles. The Morgan fingerprint density at radius 2 is 1.57 bits per heavy atom. The summed E-state index contributed by atoms with van der Waals surface area (Å²) in [6.45, 7) is 3.13. The second-order valence-corrected chi connectivity index (χ2v) is 10.2. The summed E-state index contributed by atoms with van der Waals surface area (Å²) >= 11 is 1.46. The predicted octanol–water partition coefficient (Wildman–Crippen LogP) is 6.13. The van der Waals surface area contributed by atoms with Crippen molar-refractivity contribution in [3.8, 4) is 0 Å². The molecule has 1 aromatic heterocycles. The van der Waals surface area contributed by atoms with Crippen LogP contribution in [0.3, 0.4) is 0 Å². The first-order chi connectivity index (χ1) is 19.5. The number of amides is 2. The number of benzene rings is 4. The maximum Gasteiger partial charge on any atom is 0.338 e. The van der Waals surface area contributed by atoms with E-state index in [1.807, 2.05) is 72.9 Å². The molecule has 0 aliphatic carbocycles. The molecule has 4 aromatic carbocycles. The third-order valence-electron chi connectivity index (χ3n) is 6.44. The van der Waals surface area contributed by atoms with Crippen molar-refractivity contribution in [1.82, 2.24) is 9.88 Å². The summed E-state index contributed by atoms with van der Waals surface area (Å²) in [5, 5.41) is 9.08. The number of hydrogen-bond acceptors (Lipinski definition) is 5. The number of ether oxygens (including phenoxy) is 1. The van der Waals surface area contributed by atoms with Crippen LogP contribution in [0.5, 0.6) is 0 Å². The summed E-state index contributed by atoms with van der Waals surface area (Å²) in [6, 6.07) is 28.3. The zero-order valence-electron chi connectivity index (χ0n) is 22.1. The van der Waals surface area contributed by atoms with Crippen molar-refractivity contribution < 1.29 is 19.1 Å². The molecule has 0 bridgehead atoms. The zero-order chi connectivity index (χ0) is 27.9. The number of nitrogens with zero attached hydrogens (tertiary/aromatic N) is 1. The Bertz CT molecular complexity index is 1680. The summed E-state index contributed by atoms with van der Waals surface area (Å²) in [5.41, 5.74) is 2.73. The number of nitrogens with one attached hydrogen (secondary N) is 2. The number of aromatic nitrogens is 1. The predicted molar refractivity (Wildman–Crippen MR) is 160 cm³/mol. The highest BCUT2D eigenvalue weighted by Gasteiger charge is 2.13. The SMILES string of the molecule is CCOC(=O)c1ccc(NC(=O)CSc2cn(CCNC(=O)c3ccc4ccccc4c3)c3ccccc23)cc1. The van der Waals surface area contributed by atoms with Gasteiger partial charge in [-0.15, -0.1) is 11.8 Å². The van der Waals surface area contributed by atoms with E-state index in [1.165, 1.54) is 11.8 Å². The lowest BCUT2D eigenvalue weighted by Crippen LogP contribution is -2.27. The number of carbonyl (C=O) groups excluding carboxylic acids is 3. The minimum absolute atomic E-state index is 0.108. The standard InChI is InChI=1S/C32H29N3O4S/c1-2-39-32(38)23-13-15-26(16-14-23)34-30(36)21-40-29-20-35(28-10-6-5-9-27(28)29)18-17-33-31(37)25-12-11-22-7-3-4-8-24(22)19-25/h3-16,19-20H,2,17-18,21H2,1H3,(H,33,37)(H,34,36). The van der Waals surface area contributed by atoms with Crippen molar-refractivity contribution >= 4 is 56.9 Å². The van der Waals surface area contributed by atoms with Gasteiger partial charge in [0.15, 0.2) is 0 Å². The molecule has 8 heteroatoms. The van der Waals surface area contributed by atoms with Crippen LogP contribution in [0.15, 0.2) is 102 Å². The van der Waals surface area contributed by atoms with Gasteiger partial charge in [-0.2, -0.15) is 0 Å². The molecule has 40 heavy (non-hydrogen) atoms. The molecule has 2 amide bonds. The van der Waals surface area contributed by atoms with E-state index in [2.05, 4.69) is 15.2 Å². The van der Waals surface area contributed by atoms with E-state index in [0.717, 1.165) is 26.6 Å². The van der Waals surface area contributed by atoms with Crippen molar-refractivity contribution in [3.63, 3.8) is 0 Å². The van der Waals surface area contributed by atoms with E-state index in [9.17, 15) is 14.4 Å². The van der Waals surface area contributed by atoms with Gasteiger partial charge >= 0.3 is 5.97 Å². The monoisotopic (exact) mass is 551 g/mol. The number of para-hydroxylation sites is 1. The molecule has 0 unspecified atom stereocenters. The summed E-state index contributed by atoms with van der Waals surface area (Å²) < 4.78 is 7.09. The molecule has 2 N–H and O–H groups in total. The smallest absolute Gasteiger partial charge is 0.338 e. The number of hydrogen-bond donors (Lipinski definition) is 2. The van der Waals surface area contributed by atoms with E-state index in [-0.39, 0.29) is 23.5 Å². The molecular formula is C32H29N3O4S. The maximum absolute atomic E-state index is 12.8. The van der Waals surface area contributed by atoms with Crippen molar-refractivity contribution in [2.75, 3.05) is 24.2 Å². The molecule has 1 heterocycles. The van der Waals surface area contributed by atoms with E-state index in [1.54, 1.807) is 31.2 Å². The third-order valence-corrected chi connectivity index (χ3v) is 7.48. The molecule has 7 nitrogen and oxygen atoms in total. The molecule has 0 saturated carbocycles. The van der Waals surface area contributed by atoms with Gasteiger partial charge in [-0.25, -0.2) is 4.79 Å². The first-order valence-electron chi connectivity index (χ1n) is 13.1. The molecule has 0 spiro atoms. The minimum atomic E-state index is -0.388. The Morgan fingerprint density at radius 1 is 0.850 bits per heavy atom. The number of thioether (sulfide) groups is 1. The van der Waals surface area contributed by atoms with Crippen LogP contribution in [0.2, 0.25) is 0 Å². The van der Waals surface area contributed by atoms with Crippen molar-refractivity contribution in [2.24, 2.45) is 0 Å². The van der Waals surface area contributed by atoms with Crippen molar-refractivity contribution in [3.05, 3.63) is 108 Å². The first kappa shape index (κ1) is 27.0. The van der Waals surface area contributed by atoms with E-state index in [4.69, 9.17) is 4.74 Å². The molecule has 0 fully saturated rings. The summed E-state index contributed by atoms with van der Waals surface area (Å²) in [4.78, 5) is 38.2. The van der Waals surface area contributed by atoms with E-state index < -0.39 is 0 Å². The van der Waals surface area contributed by atoms with Crippen LogP contribution in [-0.4, -0.2) is 41.3 Å². The van der Waals surface area contributed by atoms with Gasteiger partial charge in [0.1, 0.15) is 0 Å². The highest BCUT2D eigenvalue weighted by atomic mass is 32.2. The van der Waals surface area contributed by atoms with Gasteiger partial charge in [-0.05, 0) is 60.2 Å². The van der Waals surface area contributed by atoms with Crippen LogP contribution >= 0.6 is 11.8 Å². The Morgan fingerprint density at radius 3 is 2.38 bits per heavy atom. The lowest BCUT2D eigenvalue weighted by molar-refractivity contribution is -0.113. The highest BCUT2D eigenvalue weighted by molar-refractivity contribution is 8.00. The molecule has 5 aromatic rings. The highest BCUT2D eigenvalue weighted by Crippen LogP contribution is 2.30. The number of esters is 1. The van der Waals surface area contributed by atoms with Crippen LogP contribution in [-0.2, 0) is 16.1 Å². The topological polar surface area (TPSA) is 89.4 Å².